The molecule has 166 valence electrons. The zero-order valence-electron chi connectivity index (χ0n) is 18.1. The molecular formula is C25H27FN4O2. The second kappa shape index (κ2) is 10.2. The number of nitrogens with one attached hydrogen (secondary N) is 1. The van der Waals surface area contributed by atoms with Crippen molar-refractivity contribution >= 4 is 11.7 Å². The number of rotatable bonds is 7. The Morgan fingerprint density at radius 1 is 1.12 bits per heavy atom. The number of methoxy groups -OCH3 is 1. The van der Waals surface area contributed by atoms with Gasteiger partial charge in [-0.05, 0) is 67.3 Å². The van der Waals surface area contributed by atoms with E-state index >= 15 is 0 Å². The summed E-state index contributed by atoms with van der Waals surface area (Å²) in [5.74, 6) is 1.30. The lowest BCUT2D eigenvalue weighted by Gasteiger charge is -2.32. The molecule has 1 aromatic heterocycles. The monoisotopic (exact) mass is 434 g/mol. The first-order valence-electron chi connectivity index (χ1n) is 10.9. The minimum absolute atomic E-state index is 0.0699. The van der Waals surface area contributed by atoms with E-state index in [0.29, 0.717) is 18.8 Å². The number of halogens is 1. The van der Waals surface area contributed by atoms with E-state index < -0.39 is 0 Å². The van der Waals surface area contributed by atoms with Crippen LogP contribution in [0.3, 0.4) is 0 Å². The maximum Gasteiger partial charge on any atom is 0.224 e. The number of ether oxygens (including phenoxy) is 1. The maximum absolute atomic E-state index is 13.1. The Hall–Kier alpha value is -3.48. The van der Waals surface area contributed by atoms with Gasteiger partial charge in [-0.15, -0.1) is 10.2 Å². The lowest BCUT2D eigenvalue weighted by atomic mass is 9.97. The summed E-state index contributed by atoms with van der Waals surface area (Å²) >= 11 is 0. The van der Waals surface area contributed by atoms with Crippen molar-refractivity contribution in [2.75, 3.05) is 31.6 Å². The third-order valence-corrected chi connectivity index (χ3v) is 5.79. The van der Waals surface area contributed by atoms with Gasteiger partial charge in [0.2, 0.25) is 5.91 Å². The molecule has 1 aliphatic heterocycles. The summed E-state index contributed by atoms with van der Waals surface area (Å²) in [6, 6.07) is 17.8. The van der Waals surface area contributed by atoms with Crippen LogP contribution in [0.15, 0.2) is 60.7 Å². The van der Waals surface area contributed by atoms with Crippen LogP contribution in [-0.4, -0.2) is 42.8 Å². The average molecular weight is 435 g/mol. The second-order valence-electron chi connectivity index (χ2n) is 7.92. The van der Waals surface area contributed by atoms with Crippen LogP contribution in [-0.2, 0) is 11.2 Å². The zero-order valence-corrected chi connectivity index (χ0v) is 18.1. The molecular weight excluding hydrogens is 407 g/mol. The van der Waals surface area contributed by atoms with E-state index in [0.717, 1.165) is 48.5 Å². The minimum Gasteiger partial charge on any atom is -0.496 e. The fraction of sp³-hybridized carbons (Fsp3) is 0.320. The Balaban J connectivity index is 1.32. The molecule has 1 fully saturated rings. The summed E-state index contributed by atoms with van der Waals surface area (Å²) in [5, 5.41) is 11.7. The highest BCUT2D eigenvalue weighted by molar-refractivity contribution is 5.79. The summed E-state index contributed by atoms with van der Waals surface area (Å²) in [4.78, 5) is 14.9. The smallest absolute Gasteiger partial charge is 0.224 e. The Bertz CT molecular complexity index is 1040. The molecule has 1 unspecified atom stereocenters. The summed E-state index contributed by atoms with van der Waals surface area (Å²) < 4.78 is 18.5. The largest absolute Gasteiger partial charge is 0.496 e. The van der Waals surface area contributed by atoms with Gasteiger partial charge in [0.1, 0.15) is 11.6 Å². The number of carbonyl (C=O) groups excluding carboxylic acids is 1. The molecule has 1 N–H and O–H groups in total. The Morgan fingerprint density at radius 2 is 1.94 bits per heavy atom. The van der Waals surface area contributed by atoms with Crippen LogP contribution >= 0.6 is 0 Å². The van der Waals surface area contributed by atoms with Crippen LogP contribution in [0.5, 0.6) is 5.75 Å². The van der Waals surface area contributed by atoms with Crippen molar-refractivity contribution in [2.45, 2.75) is 19.3 Å². The van der Waals surface area contributed by atoms with Crippen LogP contribution in [0.2, 0.25) is 0 Å². The highest BCUT2D eigenvalue weighted by atomic mass is 19.1. The molecule has 2 heterocycles. The number of nitrogens with zero attached hydrogens (tertiary/aromatic N) is 3. The molecule has 1 atom stereocenters. The van der Waals surface area contributed by atoms with Gasteiger partial charge in [-0.3, -0.25) is 4.79 Å². The molecule has 7 heteroatoms. The van der Waals surface area contributed by atoms with Crippen LogP contribution in [0.1, 0.15) is 18.4 Å². The molecule has 0 bridgehead atoms. The number of para-hydroxylation sites is 1. The third-order valence-electron chi connectivity index (χ3n) is 5.79. The predicted molar refractivity (Wildman–Crippen MR) is 122 cm³/mol. The van der Waals surface area contributed by atoms with Crippen LogP contribution < -0.4 is 15.0 Å². The van der Waals surface area contributed by atoms with Gasteiger partial charge in [0.15, 0.2) is 5.82 Å². The standard InChI is InChI=1S/C25H27FN4O2/c1-32-23-7-3-2-5-19(23)14-15-27-25(31)20-6-4-16-30(17-20)24-13-12-22(28-29-24)18-8-10-21(26)11-9-18/h2-3,5,7-13,20H,4,6,14-17H2,1H3,(H,27,31). The van der Waals surface area contributed by atoms with Crippen LogP contribution in [0.4, 0.5) is 10.2 Å². The van der Waals surface area contributed by atoms with Gasteiger partial charge in [-0.2, -0.15) is 0 Å². The number of amides is 1. The van der Waals surface area contributed by atoms with Crippen molar-refractivity contribution in [1.29, 1.82) is 0 Å². The number of hydrogen-bond donors (Lipinski definition) is 1. The predicted octanol–water partition coefficient (Wildman–Crippen LogP) is 3.87. The molecule has 6 nitrogen and oxygen atoms in total. The molecule has 1 aliphatic rings. The molecule has 0 radical (unpaired) electrons. The van der Waals surface area contributed by atoms with Gasteiger partial charge in [0.05, 0.1) is 18.7 Å². The molecule has 0 saturated carbocycles. The van der Waals surface area contributed by atoms with Crippen molar-refractivity contribution in [3.05, 3.63) is 72.0 Å². The highest BCUT2D eigenvalue weighted by Crippen LogP contribution is 2.24. The second-order valence-corrected chi connectivity index (χ2v) is 7.92. The quantitative estimate of drug-likeness (QED) is 0.612. The first kappa shape index (κ1) is 21.7. The Kier molecular flexibility index (Phi) is 6.94. The minimum atomic E-state index is -0.279. The van der Waals surface area contributed by atoms with Crippen LogP contribution in [0.25, 0.3) is 11.3 Å². The first-order valence-corrected chi connectivity index (χ1v) is 10.9. The van der Waals surface area contributed by atoms with E-state index in [1.54, 1.807) is 19.2 Å². The first-order chi connectivity index (χ1) is 15.6. The van der Waals surface area contributed by atoms with Gasteiger partial charge in [0, 0.05) is 25.2 Å². The highest BCUT2D eigenvalue weighted by Gasteiger charge is 2.26. The van der Waals surface area contributed by atoms with E-state index in [-0.39, 0.29) is 17.6 Å². The average Bonchev–Trinajstić information content (AvgIpc) is 2.85. The molecule has 0 spiro atoms. The lowest BCUT2D eigenvalue weighted by Crippen LogP contribution is -2.43. The number of benzene rings is 2. The van der Waals surface area contributed by atoms with E-state index in [1.807, 2.05) is 36.4 Å². The fourth-order valence-corrected chi connectivity index (χ4v) is 4.04. The number of carbonyl (C=O) groups is 1. The molecule has 3 aromatic rings. The third kappa shape index (κ3) is 5.22. The molecule has 4 rings (SSSR count). The Morgan fingerprint density at radius 3 is 2.69 bits per heavy atom. The van der Waals surface area contributed by atoms with Crippen molar-refractivity contribution in [2.24, 2.45) is 5.92 Å². The summed E-state index contributed by atoms with van der Waals surface area (Å²) in [6.45, 7) is 2.03. The normalized spacial score (nSPS) is 15.9. The molecule has 1 amide bonds. The fourth-order valence-electron chi connectivity index (χ4n) is 4.04. The van der Waals surface area contributed by atoms with Gasteiger partial charge in [-0.1, -0.05) is 18.2 Å². The number of aromatic nitrogens is 2. The van der Waals surface area contributed by atoms with E-state index in [4.69, 9.17) is 4.74 Å². The zero-order chi connectivity index (χ0) is 22.3. The van der Waals surface area contributed by atoms with Gasteiger partial charge in [0.25, 0.3) is 0 Å². The van der Waals surface area contributed by atoms with Gasteiger partial charge < -0.3 is 15.0 Å². The van der Waals surface area contributed by atoms with E-state index in [2.05, 4.69) is 20.4 Å². The maximum atomic E-state index is 13.1. The topological polar surface area (TPSA) is 67.3 Å². The van der Waals surface area contributed by atoms with Crippen molar-refractivity contribution in [1.82, 2.24) is 15.5 Å². The molecule has 2 aromatic carbocycles. The van der Waals surface area contributed by atoms with Crippen molar-refractivity contribution in [3.8, 4) is 17.0 Å². The SMILES string of the molecule is COc1ccccc1CCNC(=O)C1CCCN(c2ccc(-c3ccc(F)cc3)nn2)C1. The van der Waals surface area contributed by atoms with Crippen molar-refractivity contribution < 1.29 is 13.9 Å². The molecule has 1 saturated heterocycles. The lowest BCUT2D eigenvalue weighted by molar-refractivity contribution is -0.125. The van der Waals surface area contributed by atoms with Gasteiger partial charge >= 0.3 is 0 Å². The summed E-state index contributed by atoms with van der Waals surface area (Å²) in [6.07, 6.45) is 2.51. The van der Waals surface area contributed by atoms with Crippen molar-refractivity contribution in [3.63, 3.8) is 0 Å². The molecule has 32 heavy (non-hydrogen) atoms. The van der Waals surface area contributed by atoms with Crippen LogP contribution in [0, 0.1) is 11.7 Å². The van der Waals surface area contributed by atoms with Gasteiger partial charge in [-0.25, -0.2) is 4.39 Å². The number of anilines is 1. The summed E-state index contributed by atoms with van der Waals surface area (Å²) in [5.41, 5.74) is 2.59. The Labute approximate surface area is 187 Å². The summed E-state index contributed by atoms with van der Waals surface area (Å²) in [7, 11) is 1.66. The number of piperidine rings is 1. The van der Waals surface area contributed by atoms with E-state index in [1.165, 1.54) is 12.1 Å². The number of hydrogen-bond acceptors (Lipinski definition) is 5. The molecule has 0 aliphatic carbocycles. The van der Waals surface area contributed by atoms with E-state index in [9.17, 15) is 9.18 Å².